The van der Waals surface area contributed by atoms with E-state index in [1.165, 1.54) is 18.2 Å². The molecule has 0 heterocycles. The lowest BCUT2D eigenvalue weighted by atomic mass is 10.1. The van der Waals surface area contributed by atoms with Gasteiger partial charge in [0.25, 0.3) is 0 Å². The van der Waals surface area contributed by atoms with Gasteiger partial charge in [-0.15, -0.1) is 0 Å². The molecule has 0 aromatic heterocycles. The van der Waals surface area contributed by atoms with E-state index in [0.29, 0.717) is 21.7 Å². The van der Waals surface area contributed by atoms with Gasteiger partial charge in [0.2, 0.25) is 15.9 Å². The molecule has 32 heavy (non-hydrogen) atoms. The molecule has 0 radical (unpaired) electrons. The van der Waals surface area contributed by atoms with Crippen molar-refractivity contribution in [3.8, 4) is 0 Å². The van der Waals surface area contributed by atoms with Crippen LogP contribution in [-0.4, -0.2) is 25.2 Å². The van der Waals surface area contributed by atoms with E-state index >= 15 is 0 Å². The first-order chi connectivity index (χ1) is 15.1. The van der Waals surface area contributed by atoms with Crippen LogP contribution >= 0.6 is 11.6 Å². The predicted octanol–water partition coefficient (Wildman–Crippen LogP) is 5.23. The third-order valence-corrected chi connectivity index (χ3v) is 7.29. The molecule has 0 aliphatic carbocycles. The molecular weight excluding hydrogens is 451 g/mol. The van der Waals surface area contributed by atoms with Gasteiger partial charge in [-0.3, -0.25) is 4.79 Å². The zero-order chi connectivity index (χ0) is 23.5. The van der Waals surface area contributed by atoms with E-state index in [0.717, 1.165) is 9.87 Å². The van der Waals surface area contributed by atoms with E-state index < -0.39 is 28.3 Å². The van der Waals surface area contributed by atoms with Gasteiger partial charge in [-0.1, -0.05) is 53.6 Å². The monoisotopic (exact) mass is 474 g/mol. The molecule has 5 nitrogen and oxygen atoms in total. The second kappa shape index (κ2) is 9.81. The number of aryl methyl sites for hydroxylation is 3. The lowest BCUT2D eigenvalue weighted by Crippen LogP contribution is -2.38. The second-order valence-corrected chi connectivity index (χ2v) is 9.97. The van der Waals surface area contributed by atoms with Crippen molar-refractivity contribution in [1.29, 1.82) is 0 Å². The zero-order valence-electron chi connectivity index (χ0n) is 18.0. The maximum absolute atomic E-state index is 14.0. The van der Waals surface area contributed by atoms with E-state index in [1.807, 2.05) is 6.92 Å². The van der Waals surface area contributed by atoms with Gasteiger partial charge in [0.05, 0.1) is 17.1 Å². The highest BCUT2D eigenvalue weighted by Gasteiger charge is 2.30. The maximum atomic E-state index is 14.0. The molecule has 1 amide bonds. The van der Waals surface area contributed by atoms with Crippen LogP contribution in [0.5, 0.6) is 0 Å². The zero-order valence-corrected chi connectivity index (χ0v) is 19.6. The molecule has 8 heteroatoms. The number of halogens is 2. The summed E-state index contributed by atoms with van der Waals surface area (Å²) in [6.45, 7) is 4.83. The SMILES string of the molecule is Cc1cc(C)c(S(=O)(=O)N(CC(=O)Nc2ccccc2F)Cc2ccc(Cl)cc2)c(C)c1. The molecule has 0 aliphatic heterocycles. The van der Waals surface area contributed by atoms with Gasteiger partial charge in [-0.25, -0.2) is 12.8 Å². The van der Waals surface area contributed by atoms with Crippen LogP contribution in [0.1, 0.15) is 22.3 Å². The summed E-state index contributed by atoms with van der Waals surface area (Å²) in [5.74, 6) is -1.24. The lowest BCUT2D eigenvalue weighted by Gasteiger charge is -2.24. The Balaban J connectivity index is 1.97. The van der Waals surface area contributed by atoms with Crippen molar-refractivity contribution in [3.05, 3.63) is 93.8 Å². The minimum absolute atomic E-state index is 0.0102. The summed E-state index contributed by atoms with van der Waals surface area (Å²) in [4.78, 5) is 12.9. The van der Waals surface area contributed by atoms with Gasteiger partial charge >= 0.3 is 0 Å². The Morgan fingerprint density at radius 1 is 1.00 bits per heavy atom. The molecule has 3 aromatic carbocycles. The first-order valence-corrected chi connectivity index (χ1v) is 11.8. The quantitative estimate of drug-likeness (QED) is 0.509. The van der Waals surface area contributed by atoms with E-state index in [1.54, 1.807) is 56.3 Å². The van der Waals surface area contributed by atoms with E-state index in [9.17, 15) is 17.6 Å². The fourth-order valence-electron chi connectivity index (χ4n) is 3.63. The van der Waals surface area contributed by atoms with Crippen LogP contribution in [0.25, 0.3) is 0 Å². The van der Waals surface area contributed by atoms with Crippen molar-refractivity contribution in [2.45, 2.75) is 32.2 Å². The lowest BCUT2D eigenvalue weighted by molar-refractivity contribution is -0.116. The maximum Gasteiger partial charge on any atom is 0.244 e. The van der Waals surface area contributed by atoms with Crippen molar-refractivity contribution < 1.29 is 17.6 Å². The number of para-hydroxylation sites is 1. The van der Waals surface area contributed by atoms with Gasteiger partial charge in [0.1, 0.15) is 5.82 Å². The van der Waals surface area contributed by atoms with E-state index in [-0.39, 0.29) is 17.1 Å². The van der Waals surface area contributed by atoms with Crippen molar-refractivity contribution >= 4 is 33.2 Å². The number of nitrogens with zero attached hydrogens (tertiary/aromatic N) is 1. The smallest absolute Gasteiger partial charge is 0.244 e. The van der Waals surface area contributed by atoms with Crippen LogP contribution in [0.2, 0.25) is 5.02 Å². The highest BCUT2D eigenvalue weighted by molar-refractivity contribution is 7.89. The first-order valence-electron chi connectivity index (χ1n) is 9.95. The van der Waals surface area contributed by atoms with Crippen LogP contribution in [0.4, 0.5) is 10.1 Å². The average molecular weight is 475 g/mol. The summed E-state index contributed by atoms with van der Waals surface area (Å²) < 4.78 is 42.4. The molecule has 0 spiro atoms. The normalized spacial score (nSPS) is 11.6. The van der Waals surface area contributed by atoms with Crippen molar-refractivity contribution in [2.24, 2.45) is 0 Å². The van der Waals surface area contributed by atoms with Crippen LogP contribution in [0.15, 0.2) is 65.6 Å². The number of sulfonamides is 1. The van der Waals surface area contributed by atoms with Crippen LogP contribution in [0.3, 0.4) is 0 Å². The Kier molecular flexibility index (Phi) is 7.33. The van der Waals surface area contributed by atoms with Gasteiger partial charge < -0.3 is 5.32 Å². The van der Waals surface area contributed by atoms with Gasteiger partial charge in [0.15, 0.2) is 0 Å². The number of hydrogen-bond donors (Lipinski definition) is 1. The third kappa shape index (κ3) is 5.54. The Hall–Kier alpha value is -2.74. The number of carbonyl (C=O) groups excluding carboxylic acids is 1. The minimum Gasteiger partial charge on any atom is -0.322 e. The van der Waals surface area contributed by atoms with E-state index in [2.05, 4.69) is 5.32 Å². The van der Waals surface area contributed by atoms with Crippen LogP contribution in [-0.2, 0) is 21.4 Å². The van der Waals surface area contributed by atoms with Crippen molar-refractivity contribution in [3.63, 3.8) is 0 Å². The van der Waals surface area contributed by atoms with Crippen LogP contribution < -0.4 is 5.32 Å². The average Bonchev–Trinajstić information content (AvgIpc) is 2.70. The fourth-order valence-corrected chi connectivity index (χ4v) is 5.56. The molecule has 1 N–H and O–H groups in total. The first kappa shape index (κ1) is 23.9. The van der Waals surface area contributed by atoms with Gasteiger partial charge in [0, 0.05) is 11.6 Å². The predicted molar refractivity (Wildman–Crippen MR) is 125 cm³/mol. The highest BCUT2D eigenvalue weighted by Crippen LogP contribution is 2.27. The van der Waals surface area contributed by atoms with Crippen molar-refractivity contribution in [2.75, 3.05) is 11.9 Å². The molecule has 0 saturated carbocycles. The summed E-state index contributed by atoms with van der Waals surface area (Å²) in [5, 5.41) is 2.98. The second-order valence-electron chi connectivity index (χ2n) is 7.66. The molecule has 0 saturated heterocycles. The largest absolute Gasteiger partial charge is 0.322 e. The summed E-state index contributed by atoms with van der Waals surface area (Å²) in [5.41, 5.74) is 2.79. The number of rotatable bonds is 7. The molecule has 3 aromatic rings. The molecule has 0 aliphatic rings. The number of hydrogen-bond acceptors (Lipinski definition) is 3. The third-order valence-electron chi connectivity index (χ3n) is 4.94. The molecule has 0 atom stereocenters. The summed E-state index contributed by atoms with van der Waals surface area (Å²) >= 11 is 5.95. The van der Waals surface area contributed by atoms with Crippen LogP contribution in [0, 0.1) is 26.6 Å². The number of anilines is 1. The fraction of sp³-hybridized carbons (Fsp3) is 0.208. The molecular formula is C24H24ClFN2O3S. The summed E-state index contributed by atoms with van der Waals surface area (Å²) in [6, 6.07) is 16.0. The minimum atomic E-state index is -4.04. The number of benzene rings is 3. The standard InChI is InChI=1S/C24H24ClFN2O3S/c1-16-12-17(2)24(18(3)13-16)32(30,31)28(14-19-8-10-20(25)11-9-19)15-23(29)27-22-7-5-4-6-21(22)26/h4-13H,14-15H2,1-3H3,(H,27,29). The Bertz CT molecular complexity index is 1220. The van der Waals surface area contributed by atoms with Gasteiger partial charge in [-0.05, 0) is 61.7 Å². The number of nitrogens with one attached hydrogen (secondary N) is 1. The Morgan fingerprint density at radius 3 is 2.19 bits per heavy atom. The molecule has 0 fully saturated rings. The molecule has 3 rings (SSSR count). The summed E-state index contributed by atoms with van der Waals surface area (Å²) in [6.07, 6.45) is 0. The topological polar surface area (TPSA) is 66.5 Å². The van der Waals surface area contributed by atoms with Gasteiger partial charge in [-0.2, -0.15) is 4.31 Å². The Morgan fingerprint density at radius 2 is 1.59 bits per heavy atom. The molecule has 0 unspecified atom stereocenters. The molecule has 168 valence electrons. The summed E-state index contributed by atoms with van der Waals surface area (Å²) in [7, 11) is -4.04. The number of carbonyl (C=O) groups is 1. The Labute approximate surface area is 192 Å². The highest BCUT2D eigenvalue weighted by atomic mass is 35.5. The number of amides is 1. The van der Waals surface area contributed by atoms with Crippen molar-refractivity contribution in [1.82, 2.24) is 4.31 Å². The van der Waals surface area contributed by atoms with E-state index in [4.69, 9.17) is 11.6 Å². The molecule has 0 bridgehead atoms.